The summed E-state index contributed by atoms with van der Waals surface area (Å²) in [5, 5.41) is 11.8. The zero-order valence-electron chi connectivity index (χ0n) is 26.3. The van der Waals surface area contributed by atoms with Gasteiger partial charge in [0.1, 0.15) is 11.3 Å². The summed E-state index contributed by atoms with van der Waals surface area (Å²) in [5.41, 5.74) is 3.29. The van der Waals surface area contributed by atoms with Gasteiger partial charge >= 0.3 is 0 Å². The van der Waals surface area contributed by atoms with Crippen molar-refractivity contribution in [1.82, 2.24) is 19.2 Å². The summed E-state index contributed by atoms with van der Waals surface area (Å²) in [7, 11) is 0. The van der Waals surface area contributed by atoms with E-state index in [1.54, 1.807) is 4.90 Å². The number of benzene rings is 1. The van der Waals surface area contributed by atoms with E-state index >= 15 is 0 Å². The third-order valence-electron chi connectivity index (χ3n) is 8.41. The lowest BCUT2D eigenvalue weighted by Crippen LogP contribution is -2.39. The number of carbonyl (C=O) groups is 2. The topological polar surface area (TPSA) is 106 Å². The fraction of sp³-hybridized carbons (Fsp3) is 0.500. The summed E-state index contributed by atoms with van der Waals surface area (Å²) in [4.78, 5) is 35.9. The number of aliphatic hydroxyl groups is 1. The van der Waals surface area contributed by atoms with Gasteiger partial charge in [0.15, 0.2) is 17.3 Å². The number of morpholine rings is 1. The van der Waals surface area contributed by atoms with Crippen molar-refractivity contribution in [3.63, 3.8) is 0 Å². The number of nitrogens with zero attached hydrogens (tertiary/aromatic N) is 4. The summed E-state index contributed by atoms with van der Waals surface area (Å²) in [5.74, 6) is -0.469. The minimum Gasteiger partial charge on any atom is -0.505 e. The molecule has 1 amide bonds. The molecule has 0 bridgehead atoms. The Morgan fingerprint density at radius 2 is 1.82 bits per heavy atom. The van der Waals surface area contributed by atoms with Crippen LogP contribution in [0.4, 0.5) is 0 Å². The zero-order chi connectivity index (χ0) is 31.2. The molecule has 2 aromatic heterocycles. The van der Waals surface area contributed by atoms with E-state index in [9.17, 15) is 14.7 Å². The molecule has 44 heavy (non-hydrogen) atoms. The van der Waals surface area contributed by atoms with Crippen molar-refractivity contribution in [3.8, 4) is 11.5 Å². The molecule has 10 heteroatoms. The monoisotopic (exact) mass is 604 g/mol. The molecule has 0 spiro atoms. The Labute approximate surface area is 259 Å². The molecule has 1 atom stereocenters. The van der Waals surface area contributed by atoms with Crippen LogP contribution < -0.4 is 9.47 Å². The van der Waals surface area contributed by atoms with Gasteiger partial charge in [0.05, 0.1) is 43.7 Å². The second-order valence-electron chi connectivity index (χ2n) is 11.4. The Hall–Kier alpha value is -3.89. The third kappa shape index (κ3) is 6.46. The number of imidazole rings is 1. The molecule has 2 aliphatic heterocycles. The smallest absolute Gasteiger partial charge is 0.295 e. The summed E-state index contributed by atoms with van der Waals surface area (Å²) in [6.07, 6.45) is 5.65. The average molecular weight is 605 g/mol. The minimum atomic E-state index is -0.807. The Kier molecular flexibility index (Phi) is 10.2. The van der Waals surface area contributed by atoms with Gasteiger partial charge in [-0.3, -0.25) is 14.5 Å². The van der Waals surface area contributed by atoms with E-state index in [-0.39, 0.29) is 17.0 Å². The average Bonchev–Trinajstić information content (AvgIpc) is 3.50. The molecule has 2 aliphatic rings. The van der Waals surface area contributed by atoms with E-state index in [0.717, 1.165) is 44.5 Å². The molecule has 5 rings (SSSR count). The summed E-state index contributed by atoms with van der Waals surface area (Å²) in [6, 6.07) is 8.57. The van der Waals surface area contributed by atoms with Crippen LogP contribution in [0.5, 0.6) is 11.5 Å². The number of unbranched alkanes of at least 4 members (excludes halogenated alkanes) is 2. The number of fused-ring (bicyclic) bond motifs is 1. The van der Waals surface area contributed by atoms with Crippen LogP contribution in [0.1, 0.15) is 68.1 Å². The van der Waals surface area contributed by atoms with Gasteiger partial charge in [-0.2, -0.15) is 0 Å². The van der Waals surface area contributed by atoms with Crippen LogP contribution in [0.25, 0.3) is 11.4 Å². The predicted octanol–water partition coefficient (Wildman–Crippen LogP) is 5.06. The molecule has 3 aromatic rings. The number of hydrogen-bond acceptors (Lipinski definition) is 8. The van der Waals surface area contributed by atoms with Gasteiger partial charge in [0, 0.05) is 32.4 Å². The highest BCUT2D eigenvalue weighted by atomic mass is 16.5. The second kappa shape index (κ2) is 14.3. The minimum absolute atomic E-state index is 0.0320. The first kappa shape index (κ1) is 31.5. The number of pyridine rings is 1. The van der Waals surface area contributed by atoms with E-state index in [4.69, 9.17) is 19.2 Å². The number of likely N-dealkylation sites (tertiary alicyclic amines) is 1. The Morgan fingerprint density at radius 3 is 2.55 bits per heavy atom. The van der Waals surface area contributed by atoms with Gasteiger partial charge in [0.25, 0.3) is 11.7 Å². The highest BCUT2D eigenvalue weighted by Crippen LogP contribution is 2.42. The normalized spacial score (nSPS) is 18.8. The number of aromatic nitrogens is 2. The highest BCUT2D eigenvalue weighted by Gasteiger charge is 2.46. The van der Waals surface area contributed by atoms with Crippen molar-refractivity contribution in [2.75, 3.05) is 52.6 Å². The zero-order valence-corrected chi connectivity index (χ0v) is 26.3. The Bertz CT molecular complexity index is 1520. The summed E-state index contributed by atoms with van der Waals surface area (Å²) >= 11 is 0. The standard InChI is InChI=1S/C34H44N4O6/c1-5-7-8-19-44-26-13-12-25(22-27(26)43-6-2)30-28(31(39)29-24(4)37-15-9-11-23(3)33(37)35-29)32(40)34(41)38(30)16-10-14-36-17-20-42-21-18-36/h9,11-13,15,22,30,39H,5-8,10,14,16-21H2,1-4H3/b31-28+. The van der Waals surface area contributed by atoms with Crippen LogP contribution in [0.2, 0.25) is 0 Å². The lowest BCUT2D eigenvalue weighted by atomic mass is 9.96. The molecule has 1 aromatic carbocycles. The maximum absolute atomic E-state index is 13.7. The molecule has 0 radical (unpaired) electrons. The Morgan fingerprint density at radius 1 is 1.02 bits per heavy atom. The van der Waals surface area contributed by atoms with Crippen LogP contribution in [-0.4, -0.2) is 88.6 Å². The number of carbonyl (C=O) groups excluding carboxylic acids is 2. The summed E-state index contributed by atoms with van der Waals surface area (Å²) < 4.78 is 19.4. The predicted molar refractivity (Wildman–Crippen MR) is 168 cm³/mol. The van der Waals surface area contributed by atoms with Crippen LogP contribution in [0.3, 0.4) is 0 Å². The molecule has 2 fully saturated rings. The highest BCUT2D eigenvalue weighted by molar-refractivity contribution is 6.46. The van der Waals surface area contributed by atoms with Gasteiger partial charge in [-0.25, -0.2) is 4.98 Å². The number of ketones is 1. The molecule has 2 saturated heterocycles. The molecule has 236 valence electrons. The lowest BCUT2D eigenvalue weighted by molar-refractivity contribution is -0.140. The fourth-order valence-corrected chi connectivity index (χ4v) is 6.04. The van der Waals surface area contributed by atoms with Crippen molar-refractivity contribution >= 4 is 23.1 Å². The first-order valence-corrected chi connectivity index (χ1v) is 15.8. The third-order valence-corrected chi connectivity index (χ3v) is 8.41. The molecule has 1 unspecified atom stereocenters. The molecule has 4 heterocycles. The SMILES string of the molecule is CCCCCOc1ccc(C2/C(=C(\O)c3nc4c(C)cccn4c3C)C(=O)C(=O)N2CCCN2CCOCC2)cc1OCC. The molecule has 10 nitrogen and oxygen atoms in total. The second-order valence-corrected chi connectivity index (χ2v) is 11.4. The number of ether oxygens (including phenoxy) is 3. The lowest BCUT2D eigenvalue weighted by Gasteiger charge is -2.29. The molecule has 0 aliphatic carbocycles. The van der Waals surface area contributed by atoms with E-state index in [1.807, 2.05) is 61.7 Å². The van der Waals surface area contributed by atoms with Gasteiger partial charge in [-0.05, 0) is 62.9 Å². The van der Waals surface area contributed by atoms with Crippen molar-refractivity contribution in [1.29, 1.82) is 0 Å². The quantitative estimate of drug-likeness (QED) is 0.125. The summed E-state index contributed by atoms with van der Waals surface area (Å²) in [6.45, 7) is 13.0. The van der Waals surface area contributed by atoms with Crippen molar-refractivity contribution in [2.24, 2.45) is 0 Å². The maximum Gasteiger partial charge on any atom is 0.295 e. The van der Waals surface area contributed by atoms with E-state index in [0.29, 0.717) is 67.8 Å². The Balaban J connectivity index is 1.55. The van der Waals surface area contributed by atoms with Gasteiger partial charge in [-0.1, -0.05) is 31.9 Å². The van der Waals surface area contributed by atoms with Crippen LogP contribution >= 0.6 is 0 Å². The van der Waals surface area contributed by atoms with Crippen LogP contribution in [0, 0.1) is 13.8 Å². The van der Waals surface area contributed by atoms with Gasteiger partial charge in [-0.15, -0.1) is 0 Å². The van der Waals surface area contributed by atoms with Crippen LogP contribution in [-0.2, 0) is 14.3 Å². The fourth-order valence-electron chi connectivity index (χ4n) is 6.04. The maximum atomic E-state index is 13.7. The number of Topliss-reactive ketones (excluding diaryl/α,β-unsaturated/α-hetero) is 1. The number of amides is 1. The number of aliphatic hydroxyl groups excluding tert-OH is 1. The van der Waals surface area contributed by atoms with Crippen molar-refractivity contribution < 1.29 is 28.9 Å². The largest absolute Gasteiger partial charge is 0.505 e. The first-order valence-electron chi connectivity index (χ1n) is 15.8. The number of hydrogen-bond donors (Lipinski definition) is 1. The van der Waals surface area contributed by atoms with E-state index < -0.39 is 17.7 Å². The number of rotatable bonds is 13. The molecule has 1 N–H and O–H groups in total. The molecular formula is C34H44N4O6. The van der Waals surface area contributed by atoms with Gasteiger partial charge in [0.2, 0.25) is 0 Å². The van der Waals surface area contributed by atoms with Gasteiger partial charge < -0.3 is 28.6 Å². The first-order chi connectivity index (χ1) is 21.3. The molecule has 0 saturated carbocycles. The van der Waals surface area contributed by atoms with E-state index in [2.05, 4.69) is 11.8 Å². The number of aryl methyl sites for hydroxylation is 2. The molecular weight excluding hydrogens is 560 g/mol. The van der Waals surface area contributed by atoms with Crippen molar-refractivity contribution in [2.45, 2.75) is 59.4 Å². The van der Waals surface area contributed by atoms with E-state index in [1.165, 1.54) is 0 Å². The van der Waals surface area contributed by atoms with Crippen molar-refractivity contribution in [3.05, 3.63) is 64.6 Å². The van der Waals surface area contributed by atoms with Crippen LogP contribution in [0.15, 0.2) is 42.1 Å².